The summed E-state index contributed by atoms with van der Waals surface area (Å²) in [5, 5.41) is 3.03. The summed E-state index contributed by atoms with van der Waals surface area (Å²) in [7, 11) is 4.16. The van der Waals surface area contributed by atoms with Crippen LogP contribution in [-0.2, 0) is 4.79 Å². The van der Waals surface area contributed by atoms with Crippen LogP contribution in [0.25, 0.3) is 0 Å². The van der Waals surface area contributed by atoms with Crippen molar-refractivity contribution in [2.45, 2.75) is 50.7 Å². The monoisotopic (exact) mass is 322 g/mol. The first-order valence-electron chi connectivity index (χ1n) is 8.30. The lowest BCUT2D eigenvalue weighted by Gasteiger charge is -2.43. The average molecular weight is 322 g/mol. The SMILES string of the molecule is CC(Oc1ccc(F)cc1)C(=O)NCC1(N(C)C)CCCCC1. The highest BCUT2D eigenvalue weighted by molar-refractivity contribution is 5.80. The van der Waals surface area contributed by atoms with Crippen LogP contribution in [0, 0.1) is 5.82 Å². The number of halogens is 1. The lowest BCUT2D eigenvalue weighted by Crippen LogP contribution is -2.55. The summed E-state index contributed by atoms with van der Waals surface area (Å²) in [4.78, 5) is 14.5. The minimum atomic E-state index is -0.608. The summed E-state index contributed by atoms with van der Waals surface area (Å²) in [6, 6.07) is 5.70. The molecule has 0 saturated heterocycles. The molecule has 5 heteroatoms. The summed E-state index contributed by atoms with van der Waals surface area (Å²) >= 11 is 0. The number of nitrogens with one attached hydrogen (secondary N) is 1. The van der Waals surface area contributed by atoms with E-state index in [1.807, 2.05) is 0 Å². The number of likely N-dealkylation sites (N-methyl/N-ethyl adjacent to an activating group) is 1. The Morgan fingerprint density at radius 2 is 1.87 bits per heavy atom. The molecule has 0 spiro atoms. The fourth-order valence-corrected chi connectivity index (χ4v) is 3.16. The molecule has 1 saturated carbocycles. The van der Waals surface area contributed by atoms with E-state index in [9.17, 15) is 9.18 Å². The summed E-state index contributed by atoms with van der Waals surface area (Å²) in [6.45, 7) is 2.35. The van der Waals surface area contributed by atoms with E-state index in [1.54, 1.807) is 6.92 Å². The molecule has 1 aromatic carbocycles. The fraction of sp³-hybridized carbons (Fsp3) is 0.611. The van der Waals surface area contributed by atoms with Crippen molar-refractivity contribution in [2.24, 2.45) is 0 Å². The van der Waals surface area contributed by atoms with Gasteiger partial charge in [0.2, 0.25) is 0 Å². The van der Waals surface area contributed by atoms with Crippen LogP contribution in [0.4, 0.5) is 4.39 Å². The van der Waals surface area contributed by atoms with E-state index in [0.29, 0.717) is 12.3 Å². The molecule has 1 fully saturated rings. The van der Waals surface area contributed by atoms with Crippen LogP contribution in [-0.4, -0.2) is 43.1 Å². The van der Waals surface area contributed by atoms with Gasteiger partial charge in [0.15, 0.2) is 6.10 Å². The van der Waals surface area contributed by atoms with Gasteiger partial charge in [0.1, 0.15) is 11.6 Å². The van der Waals surface area contributed by atoms with Crippen molar-refractivity contribution in [3.8, 4) is 5.75 Å². The van der Waals surface area contributed by atoms with Gasteiger partial charge in [0.25, 0.3) is 5.91 Å². The minimum absolute atomic E-state index is 0.0451. The fourth-order valence-electron chi connectivity index (χ4n) is 3.16. The Labute approximate surface area is 138 Å². The molecule has 4 nitrogen and oxygen atoms in total. The lowest BCUT2D eigenvalue weighted by molar-refractivity contribution is -0.128. The van der Waals surface area contributed by atoms with E-state index < -0.39 is 6.10 Å². The molecule has 2 rings (SSSR count). The van der Waals surface area contributed by atoms with Gasteiger partial charge in [0.05, 0.1) is 0 Å². The van der Waals surface area contributed by atoms with Gasteiger partial charge in [-0.3, -0.25) is 4.79 Å². The maximum Gasteiger partial charge on any atom is 0.260 e. The van der Waals surface area contributed by atoms with Crippen LogP contribution in [0.1, 0.15) is 39.0 Å². The van der Waals surface area contributed by atoms with E-state index >= 15 is 0 Å². The Hall–Kier alpha value is -1.62. The zero-order chi connectivity index (χ0) is 16.9. The Balaban J connectivity index is 1.88. The first-order valence-corrected chi connectivity index (χ1v) is 8.30. The second-order valence-corrected chi connectivity index (χ2v) is 6.61. The molecule has 1 aliphatic carbocycles. The van der Waals surface area contributed by atoms with Crippen molar-refractivity contribution in [2.75, 3.05) is 20.6 Å². The van der Waals surface area contributed by atoms with Gasteiger partial charge >= 0.3 is 0 Å². The second-order valence-electron chi connectivity index (χ2n) is 6.61. The van der Waals surface area contributed by atoms with Crippen molar-refractivity contribution in [1.82, 2.24) is 10.2 Å². The van der Waals surface area contributed by atoms with E-state index in [4.69, 9.17) is 4.74 Å². The number of hydrogen-bond acceptors (Lipinski definition) is 3. The third kappa shape index (κ3) is 4.67. The molecular formula is C18H27FN2O2. The quantitative estimate of drug-likeness (QED) is 0.875. The van der Waals surface area contributed by atoms with Crippen molar-refractivity contribution in [3.63, 3.8) is 0 Å². The van der Waals surface area contributed by atoms with Gasteiger partial charge in [-0.25, -0.2) is 4.39 Å². The van der Waals surface area contributed by atoms with Crippen molar-refractivity contribution in [3.05, 3.63) is 30.1 Å². The van der Waals surface area contributed by atoms with Crippen LogP contribution >= 0.6 is 0 Å². The highest BCUT2D eigenvalue weighted by Gasteiger charge is 2.34. The van der Waals surface area contributed by atoms with E-state index in [1.165, 1.54) is 43.5 Å². The van der Waals surface area contributed by atoms with Gasteiger partial charge in [-0.1, -0.05) is 19.3 Å². The van der Waals surface area contributed by atoms with Crippen LogP contribution < -0.4 is 10.1 Å². The highest BCUT2D eigenvalue weighted by Crippen LogP contribution is 2.31. The molecule has 0 aromatic heterocycles. The standard InChI is InChI=1S/C18H27FN2O2/c1-14(23-16-9-7-15(19)8-10-16)17(22)20-13-18(21(2)3)11-5-4-6-12-18/h7-10,14H,4-6,11-13H2,1-3H3,(H,20,22). The molecule has 1 N–H and O–H groups in total. The molecule has 0 radical (unpaired) electrons. The van der Waals surface area contributed by atoms with Crippen LogP contribution in [0.3, 0.4) is 0 Å². The summed E-state index contributed by atoms with van der Waals surface area (Å²) in [6.07, 6.45) is 5.28. The zero-order valence-electron chi connectivity index (χ0n) is 14.3. The molecule has 23 heavy (non-hydrogen) atoms. The lowest BCUT2D eigenvalue weighted by atomic mass is 9.80. The number of benzene rings is 1. The Morgan fingerprint density at radius 1 is 1.26 bits per heavy atom. The topological polar surface area (TPSA) is 41.6 Å². The first kappa shape index (κ1) is 17.7. The Morgan fingerprint density at radius 3 is 2.43 bits per heavy atom. The molecule has 0 aliphatic heterocycles. The third-order valence-corrected chi connectivity index (χ3v) is 4.82. The summed E-state index contributed by atoms with van der Waals surface area (Å²) in [5.41, 5.74) is 0.0451. The number of nitrogens with zero attached hydrogens (tertiary/aromatic N) is 1. The number of hydrogen-bond donors (Lipinski definition) is 1. The smallest absolute Gasteiger partial charge is 0.260 e. The van der Waals surface area contributed by atoms with Gasteiger partial charge in [0, 0.05) is 12.1 Å². The summed E-state index contributed by atoms with van der Waals surface area (Å²) in [5.74, 6) is 0.0369. The molecule has 0 bridgehead atoms. The Kier molecular flexibility index (Phi) is 5.99. The van der Waals surface area contributed by atoms with E-state index in [0.717, 1.165) is 12.8 Å². The largest absolute Gasteiger partial charge is 0.481 e. The van der Waals surface area contributed by atoms with Crippen LogP contribution in [0.5, 0.6) is 5.75 Å². The van der Waals surface area contributed by atoms with Crippen LogP contribution in [0.2, 0.25) is 0 Å². The zero-order valence-corrected chi connectivity index (χ0v) is 14.3. The van der Waals surface area contributed by atoms with E-state index in [2.05, 4.69) is 24.3 Å². The highest BCUT2D eigenvalue weighted by atomic mass is 19.1. The predicted molar refractivity (Wildman–Crippen MR) is 89.0 cm³/mol. The Bertz CT molecular complexity index is 510. The van der Waals surface area contributed by atoms with Crippen molar-refractivity contribution < 1.29 is 13.9 Å². The maximum absolute atomic E-state index is 12.9. The van der Waals surface area contributed by atoms with Gasteiger partial charge in [-0.2, -0.15) is 0 Å². The number of ether oxygens (including phenoxy) is 1. The number of rotatable bonds is 6. The number of carbonyl (C=O) groups excluding carboxylic acids is 1. The number of carbonyl (C=O) groups is 1. The molecule has 1 amide bonds. The molecule has 1 unspecified atom stereocenters. The molecular weight excluding hydrogens is 295 g/mol. The third-order valence-electron chi connectivity index (χ3n) is 4.82. The van der Waals surface area contributed by atoms with Crippen LogP contribution in [0.15, 0.2) is 24.3 Å². The average Bonchev–Trinajstić information content (AvgIpc) is 2.55. The number of amides is 1. The van der Waals surface area contributed by atoms with Crippen molar-refractivity contribution >= 4 is 5.91 Å². The molecule has 128 valence electrons. The van der Waals surface area contributed by atoms with E-state index in [-0.39, 0.29) is 17.3 Å². The normalized spacial score (nSPS) is 18.5. The molecule has 0 heterocycles. The molecule has 1 aromatic rings. The van der Waals surface area contributed by atoms with Gasteiger partial charge in [-0.15, -0.1) is 0 Å². The predicted octanol–water partition coefficient (Wildman–Crippen LogP) is 2.97. The minimum Gasteiger partial charge on any atom is -0.481 e. The molecule has 1 atom stereocenters. The van der Waals surface area contributed by atoms with Gasteiger partial charge < -0.3 is 15.0 Å². The maximum atomic E-state index is 12.9. The molecule has 1 aliphatic rings. The van der Waals surface area contributed by atoms with Gasteiger partial charge in [-0.05, 0) is 58.1 Å². The summed E-state index contributed by atoms with van der Waals surface area (Å²) < 4.78 is 18.5. The van der Waals surface area contributed by atoms with Crippen molar-refractivity contribution in [1.29, 1.82) is 0 Å². The first-order chi connectivity index (χ1) is 10.9. The second kappa shape index (κ2) is 7.77.